The highest BCUT2D eigenvalue weighted by Crippen LogP contribution is 2.33. The van der Waals surface area contributed by atoms with Crippen molar-refractivity contribution in [1.82, 2.24) is 5.32 Å². The van der Waals surface area contributed by atoms with Crippen LogP contribution in [0.4, 0.5) is 0 Å². The minimum absolute atomic E-state index is 0.0258. The van der Waals surface area contributed by atoms with Gasteiger partial charge in [0, 0.05) is 12.1 Å². The van der Waals surface area contributed by atoms with Crippen LogP contribution in [0.25, 0.3) is 0 Å². The van der Waals surface area contributed by atoms with Crippen molar-refractivity contribution in [2.24, 2.45) is 0 Å². The average molecular weight is 292 g/mol. The molecule has 20 heavy (non-hydrogen) atoms. The summed E-state index contributed by atoms with van der Waals surface area (Å²) in [6.45, 7) is 3.68. The Hall–Kier alpha value is -1.55. The molecule has 2 N–H and O–H groups in total. The second kappa shape index (κ2) is 7.29. The minimum Gasteiger partial charge on any atom is -0.455 e. The fourth-order valence-corrected chi connectivity index (χ4v) is 2.08. The minimum atomic E-state index is 0.0258. The van der Waals surface area contributed by atoms with Crippen LogP contribution in [0.1, 0.15) is 18.1 Å². The number of aliphatic hydroxyl groups excluding tert-OH is 1. The van der Waals surface area contributed by atoms with E-state index in [9.17, 15) is 0 Å². The SMILES string of the molecule is CCNCc1cccc(Cl)c1Oc1ccc(CO)cc1. The van der Waals surface area contributed by atoms with E-state index >= 15 is 0 Å². The Labute approximate surface area is 124 Å². The van der Waals surface area contributed by atoms with Crippen molar-refractivity contribution in [3.05, 3.63) is 58.6 Å². The number of benzene rings is 2. The van der Waals surface area contributed by atoms with Gasteiger partial charge in [-0.3, -0.25) is 0 Å². The lowest BCUT2D eigenvalue weighted by molar-refractivity contribution is 0.281. The maximum atomic E-state index is 9.03. The normalized spacial score (nSPS) is 10.6. The number of hydrogen-bond donors (Lipinski definition) is 2. The highest BCUT2D eigenvalue weighted by Gasteiger charge is 2.09. The molecule has 0 bridgehead atoms. The van der Waals surface area contributed by atoms with E-state index in [4.69, 9.17) is 21.4 Å². The molecule has 0 aromatic heterocycles. The van der Waals surface area contributed by atoms with Crippen molar-refractivity contribution < 1.29 is 9.84 Å². The smallest absolute Gasteiger partial charge is 0.150 e. The topological polar surface area (TPSA) is 41.5 Å². The van der Waals surface area contributed by atoms with Crippen LogP contribution in [-0.4, -0.2) is 11.7 Å². The van der Waals surface area contributed by atoms with Gasteiger partial charge in [0.1, 0.15) is 11.5 Å². The van der Waals surface area contributed by atoms with E-state index < -0.39 is 0 Å². The Morgan fingerprint density at radius 1 is 1.15 bits per heavy atom. The average Bonchev–Trinajstić information content (AvgIpc) is 2.48. The van der Waals surface area contributed by atoms with Gasteiger partial charge in [-0.15, -0.1) is 0 Å². The fraction of sp³-hybridized carbons (Fsp3) is 0.250. The van der Waals surface area contributed by atoms with E-state index in [1.165, 1.54) is 0 Å². The summed E-state index contributed by atoms with van der Waals surface area (Å²) in [7, 11) is 0. The zero-order valence-electron chi connectivity index (χ0n) is 11.4. The zero-order valence-corrected chi connectivity index (χ0v) is 12.2. The molecule has 4 heteroatoms. The lowest BCUT2D eigenvalue weighted by Gasteiger charge is -2.13. The number of aliphatic hydroxyl groups is 1. The van der Waals surface area contributed by atoms with Gasteiger partial charge in [0.2, 0.25) is 0 Å². The van der Waals surface area contributed by atoms with Gasteiger partial charge in [-0.05, 0) is 30.3 Å². The Bertz CT molecular complexity index is 555. The molecule has 0 amide bonds. The van der Waals surface area contributed by atoms with Gasteiger partial charge in [0.15, 0.2) is 0 Å². The van der Waals surface area contributed by atoms with Gasteiger partial charge < -0.3 is 15.2 Å². The van der Waals surface area contributed by atoms with E-state index in [2.05, 4.69) is 12.2 Å². The van der Waals surface area contributed by atoms with Crippen molar-refractivity contribution in [3.8, 4) is 11.5 Å². The molecule has 0 aliphatic rings. The Morgan fingerprint density at radius 3 is 2.55 bits per heavy atom. The van der Waals surface area contributed by atoms with Gasteiger partial charge >= 0.3 is 0 Å². The van der Waals surface area contributed by atoms with E-state index in [-0.39, 0.29) is 6.61 Å². The maximum absolute atomic E-state index is 9.03. The van der Waals surface area contributed by atoms with Crippen molar-refractivity contribution in [1.29, 1.82) is 0 Å². The van der Waals surface area contributed by atoms with Crippen LogP contribution < -0.4 is 10.1 Å². The van der Waals surface area contributed by atoms with Gasteiger partial charge in [0.25, 0.3) is 0 Å². The van der Waals surface area contributed by atoms with Crippen LogP contribution in [0.2, 0.25) is 5.02 Å². The van der Waals surface area contributed by atoms with Crippen molar-refractivity contribution in [2.75, 3.05) is 6.54 Å². The lowest BCUT2D eigenvalue weighted by Crippen LogP contribution is -2.12. The Kier molecular flexibility index (Phi) is 5.41. The summed E-state index contributed by atoms with van der Waals surface area (Å²) >= 11 is 6.22. The first kappa shape index (κ1) is 14.9. The maximum Gasteiger partial charge on any atom is 0.150 e. The molecule has 2 aromatic carbocycles. The second-order valence-electron chi connectivity index (χ2n) is 4.41. The first-order valence-corrected chi connectivity index (χ1v) is 6.98. The summed E-state index contributed by atoms with van der Waals surface area (Å²) in [5.41, 5.74) is 1.87. The fourth-order valence-electron chi connectivity index (χ4n) is 1.85. The van der Waals surface area contributed by atoms with Crippen molar-refractivity contribution >= 4 is 11.6 Å². The number of nitrogens with one attached hydrogen (secondary N) is 1. The van der Waals surface area contributed by atoms with E-state index in [1.807, 2.05) is 42.5 Å². The van der Waals surface area contributed by atoms with Crippen molar-refractivity contribution in [2.45, 2.75) is 20.1 Å². The molecule has 0 radical (unpaired) electrons. The predicted octanol–water partition coefficient (Wildman–Crippen LogP) is 3.73. The highest BCUT2D eigenvalue weighted by molar-refractivity contribution is 6.32. The largest absolute Gasteiger partial charge is 0.455 e. The molecule has 3 nitrogen and oxygen atoms in total. The molecule has 2 aromatic rings. The van der Waals surface area contributed by atoms with E-state index in [0.29, 0.717) is 23.1 Å². The molecule has 2 rings (SSSR count). The molecule has 0 fully saturated rings. The first-order chi connectivity index (χ1) is 9.74. The molecule has 0 saturated heterocycles. The first-order valence-electron chi connectivity index (χ1n) is 6.60. The number of hydrogen-bond acceptors (Lipinski definition) is 3. The summed E-state index contributed by atoms with van der Waals surface area (Å²) < 4.78 is 5.88. The lowest BCUT2D eigenvalue weighted by atomic mass is 10.2. The number of ether oxygens (including phenoxy) is 1. The van der Waals surface area contributed by atoms with Crippen LogP contribution in [0, 0.1) is 0 Å². The van der Waals surface area contributed by atoms with E-state index in [0.717, 1.165) is 17.7 Å². The standard InChI is InChI=1S/C16H18ClNO2/c1-2-18-10-13-4-3-5-15(17)16(13)20-14-8-6-12(11-19)7-9-14/h3-9,18-19H,2,10-11H2,1H3. The molecule has 106 valence electrons. The Morgan fingerprint density at radius 2 is 1.90 bits per heavy atom. The monoisotopic (exact) mass is 291 g/mol. The third-order valence-corrected chi connectivity index (χ3v) is 3.24. The van der Waals surface area contributed by atoms with Crippen LogP contribution in [0.5, 0.6) is 11.5 Å². The molecule has 0 atom stereocenters. The summed E-state index contributed by atoms with van der Waals surface area (Å²) in [4.78, 5) is 0. The quantitative estimate of drug-likeness (QED) is 0.852. The van der Waals surface area contributed by atoms with Gasteiger partial charge in [-0.1, -0.05) is 42.8 Å². The summed E-state index contributed by atoms with van der Waals surface area (Å²) in [5.74, 6) is 1.37. The van der Waals surface area contributed by atoms with Gasteiger partial charge in [-0.2, -0.15) is 0 Å². The molecule has 0 heterocycles. The highest BCUT2D eigenvalue weighted by atomic mass is 35.5. The second-order valence-corrected chi connectivity index (χ2v) is 4.82. The molecule has 0 saturated carbocycles. The summed E-state index contributed by atoms with van der Waals surface area (Å²) in [5, 5.41) is 12.9. The zero-order chi connectivity index (χ0) is 14.4. The summed E-state index contributed by atoms with van der Waals surface area (Å²) in [6.07, 6.45) is 0. The van der Waals surface area contributed by atoms with Crippen LogP contribution in [0.3, 0.4) is 0 Å². The van der Waals surface area contributed by atoms with Crippen LogP contribution in [-0.2, 0) is 13.2 Å². The third-order valence-electron chi connectivity index (χ3n) is 2.94. The molecule has 0 aliphatic carbocycles. The molecule has 0 unspecified atom stereocenters. The Balaban J connectivity index is 2.22. The molecular weight excluding hydrogens is 274 g/mol. The van der Waals surface area contributed by atoms with Crippen LogP contribution >= 0.6 is 11.6 Å². The summed E-state index contributed by atoms with van der Waals surface area (Å²) in [6, 6.07) is 13.0. The van der Waals surface area contributed by atoms with Crippen LogP contribution in [0.15, 0.2) is 42.5 Å². The number of halogens is 1. The molecule has 0 spiro atoms. The van der Waals surface area contributed by atoms with Gasteiger partial charge in [-0.25, -0.2) is 0 Å². The number of rotatable bonds is 6. The number of para-hydroxylation sites is 1. The predicted molar refractivity (Wildman–Crippen MR) is 81.3 cm³/mol. The third kappa shape index (κ3) is 3.73. The molecule has 0 aliphatic heterocycles. The molecular formula is C16H18ClNO2. The van der Waals surface area contributed by atoms with E-state index in [1.54, 1.807) is 0 Å². The van der Waals surface area contributed by atoms with Gasteiger partial charge in [0.05, 0.1) is 11.6 Å². The van der Waals surface area contributed by atoms with Crippen molar-refractivity contribution in [3.63, 3.8) is 0 Å².